The summed E-state index contributed by atoms with van der Waals surface area (Å²) in [6.45, 7) is 2.93. The molecule has 0 amide bonds. The van der Waals surface area contributed by atoms with Crippen LogP contribution in [0.4, 0.5) is 0 Å². The summed E-state index contributed by atoms with van der Waals surface area (Å²) >= 11 is 5.75. The average molecular weight is 370 g/mol. The second kappa shape index (κ2) is 6.05. The van der Waals surface area contributed by atoms with Gasteiger partial charge in [-0.05, 0) is 53.3 Å². The molecule has 1 aromatic rings. The van der Waals surface area contributed by atoms with Gasteiger partial charge in [0.05, 0.1) is 6.61 Å². The predicted octanol–water partition coefficient (Wildman–Crippen LogP) is 2.52. The van der Waals surface area contributed by atoms with E-state index in [0.29, 0.717) is 0 Å². The maximum atomic E-state index is 8.86. The maximum absolute atomic E-state index is 8.86. The molecule has 4 heteroatoms. The van der Waals surface area contributed by atoms with Gasteiger partial charge in [0.15, 0.2) is 0 Å². The second-order valence-electron chi connectivity index (χ2n) is 3.20. The molecule has 0 saturated carbocycles. The van der Waals surface area contributed by atoms with Gasteiger partial charge in [-0.1, -0.05) is 15.9 Å². The molecule has 0 aliphatic rings. The minimum atomic E-state index is 0.143. The lowest BCUT2D eigenvalue weighted by molar-refractivity contribution is 0.251. The summed E-state index contributed by atoms with van der Waals surface area (Å²) in [5, 5.41) is 12.1. The Morgan fingerprint density at radius 2 is 2.29 bits per heavy atom. The van der Waals surface area contributed by atoms with E-state index in [1.165, 1.54) is 9.13 Å². The van der Waals surface area contributed by atoms with E-state index in [-0.39, 0.29) is 12.6 Å². The second-order valence-corrected chi connectivity index (χ2v) is 5.28. The van der Waals surface area contributed by atoms with Crippen molar-refractivity contribution in [3.8, 4) is 0 Å². The van der Waals surface area contributed by atoms with Gasteiger partial charge in [-0.25, -0.2) is 0 Å². The fourth-order valence-corrected chi connectivity index (χ4v) is 1.96. The fraction of sp³-hybridized carbons (Fsp3) is 0.400. The zero-order valence-electron chi connectivity index (χ0n) is 7.93. The van der Waals surface area contributed by atoms with Gasteiger partial charge in [0.1, 0.15) is 0 Å². The quantitative estimate of drug-likeness (QED) is 0.799. The molecule has 0 aliphatic carbocycles. The first-order valence-electron chi connectivity index (χ1n) is 4.41. The molecule has 1 aromatic carbocycles. The molecule has 1 atom stereocenters. The molecule has 1 rings (SSSR count). The topological polar surface area (TPSA) is 32.3 Å². The molecule has 1 unspecified atom stereocenters. The molecule has 0 bridgehead atoms. The molecular formula is C10H13BrINO. The van der Waals surface area contributed by atoms with Gasteiger partial charge in [-0.15, -0.1) is 0 Å². The SMILES string of the molecule is CC(CO)NCc1cc(Br)ccc1I. The lowest BCUT2D eigenvalue weighted by Gasteiger charge is -2.11. The van der Waals surface area contributed by atoms with Gasteiger partial charge in [0, 0.05) is 20.6 Å². The van der Waals surface area contributed by atoms with Crippen molar-refractivity contribution in [3.63, 3.8) is 0 Å². The third-order valence-corrected chi connectivity index (χ3v) is 3.47. The van der Waals surface area contributed by atoms with Gasteiger partial charge < -0.3 is 10.4 Å². The fourth-order valence-electron chi connectivity index (χ4n) is 1.03. The van der Waals surface area contributed by atoms with Gasteiger partial charge in [-0.2, -0.15) is 0 Å². The smallest absolute Gasteiger partial charge is 0.0582 e. The first-order valence-corrected chi connectivity index (χ1v) is 6.29. The Morgan fingerprint density at radius 3 is 2.93 bits per heavy atom. The highest BCUT2D eigenvalue weighted by atomic mass is 127. The first kappa shape index (κ1) is 12.4. The van der Waals surface area contributed by atoms with Crippen LogP contribution < -0.4 is 5.32 Å². The maximum Gasteiger partial charge on any atom is 0.0582 e. The van der Waals surface area contributed by atoms with Crippen LogP contribution >= 0.6 is 38.5 Å². The summed E-state index contributed by atoms with van der Waals surface area (Å²) < 4.78 is 2.33. The summed E-state index contributed by atoms with van der Waals surface area (Å²) in [5.74, 6) is 0. The van der Waals surface area contributed by atoms with Crippen molar-refractivity contribution in [3.05, 3.63) is 31.8 Å². The van der Waals surface area contributed by atoms with E-state index in [4.69, 9.17) is 5.11 Å². The third-order valence-electron chi connectivity index (χ3n) is 1.92. The molecule has 2 N–H and O–H groups in total. The molecule has 0 aliphatic heterocycles. The van der Waals surface area contributed by atoms with E-state index >= 15 is 0 Å². The van der Waals surface area contributed by atoms with Crippen molar-refractivity contribution in [1.82, 2.24) is 5.32 Å². The number of benzene rings is 1. The van der Waals surface area contributed by atoms with Crippen LogP contribution in [0.2, 0.25) is 0 Å². The molecule has 14 heavy (non-hydrogen) atoms. The Hall–Kier alpha value is 0.350. The monoisotopic (exact) mass is 369 g/mol. The van der Waals surface area contributed by atoms with Crippen molar-refractivity contribution in [2.24, 2.45) is 0 Å². The van der Waals surface area contributed by atoms with Crippen molar-refractivity contribution in [2.75, 3.05) is 6.61 Å². The highest BCUT2D eigenvalue weighted by Crippen LogP contribution is 2.18. The number of aliphatic hydroxyl groups excluding tert-OH is 1. The summed E-state index contributed by atoms with van der Waals surface area (Å²) in [6, 6.07) is 6.34. The molecule has 78 valence electrons. The van der Waals surface area contributed by atoms with Crippen LogP contribution in [0.15, 0.2) is 22.7 Å². The molecule has 0 saturated heterocycles. The van der Waals surface area contributed by atoms with Crippen molar-refractivity contribution >= 4 is 38.5 Å². The highest BCUT2D eigenvalue weighted by Gasteiger charge is 2.03. The summed E-state index contributed by atoms with van der Waals surface area (Å²) in [7, 11) is 0. The Bertz CT molecular complexity index is 306. The summed E-state index contributed by atoms with van der Waals surface area (Å²) in [5.41, 5.74) is 1.25. The Morgan fingerprint density at radius 1 is 1.57 bits per heavy atom. The third kappa shape index (κ3) is 3.84. The van der Waals surface area contributed by atoms with E-state index < -0.39 is 0 Å². The van der Waals surface area contributed by atoms with Crippen LogP contribution in [0.1, 0.15) is 12.5 Å². The average Bonchev–Trinajstić information content (AvgIpc) is 2.19. The molecule has 0 aromatic heterocycles. The van der Waals surface area contributed by atoms with Crippen molar-refractivity contribution in [2.45, 2.75) is 19.5 Å². The highest BCUT2D eigenvalue weighted by molar-refractivity contribution is 14.1. The number of rotatable bonds is 4. The number of hydrogen-bond acceptors (Lipinski definition) is 2. The Balaban J connectivity index is 2.62. The number of halogens is 2. The minimum absolute atomic E-state index is 0.143. The molecule has 0 spiro atoms. The van der Waals surface area contributed by atoms with Gasteiger partial charge in [0.2, 0.25) is 0 Å². The molecule has 0 radical (unpaired) electrons. The largest absolute Gasteiger partial charge is 0.395 e. The number of hydrogen-bond donors (Lipinski definition) is 2. The lowest BCUT2D eigenvalue weighted by atomic mass is 10.2. The molecule has 0 heterocycles. The van der Waals surface area contributed by atoms with Crippen molar-refractivity contribution < 1.29 is 5.11 Å². The molecular weight excluding hydrogens is 357 g/mol. The van der Waals surface area contributed by atoms with E-state index in [1.807, 2.05) is 13.0 Å². The lowest BCUT2D eigenvalue weighted by Crippen LogP contribution is -2.28. The number of nitrogens with one attached hydrogen (secondary N) is 1. The van der Waals surface area contributed by atoms with Crippen LogP contribution in [0.5, 0.6) is 0 Å². The van der Waals surface area contributed by atoms with Crippen LogP contribution in [0.3, 0.4) is 0 Å². The van der Waals surface area contributed by atoms with Gasteiger partial charge >= 0.3 is 0 Å². The van der Waals surface area contributed by atoms with E-state index in [2.05, 4.69) is 56.0 Å². The van der Waals surface area contributed by atoms with Crippen LogP contribution in [-0.4, -0.2) is 17.8 Å². The summed E-state index contributed by atoms with van der Waals surface area (Å²) in [4.78, 5) is 0. The Labute approximate surface area is 106 Å². The van der Waals surface area contributed by atoms with Crippen LogP contribution in [-0.2, 0) is 6.54 Å². The van der Waals surface area contributed by atoms with Crippen molar-refractivity contribution in [1.29, 1.82) is 0 Å². The first-order chi connectivity index (χ1) is 6.63. The Kier molecular flexibility index (Phi) is 5.36. The number of aliphatic hydroxyl groups is 1. The van der Waals surface area contributed by atoms with Gasteiger partial charge in [0.25, 0.3) is 0 Å². The zero-order valence-corrected chi connectivity index (χ0v) is 11.7. The minimum Gasteiger partial charge on any atom is -0.395 e. The van der Waals surface area contributed by atoms with Gasteiger partial charge in [-0.3, -0.25) is 0 Å². The van der Waals surface area contributed by atoms with Crippen LogP contribution in [0.25, 0.3) is 0 Å². The standard InChI is InChI=1S/C10H13BrINO/c1-7(6-14)13-5-8-4-9(11)2-3-10(8)12/h2-4,7,13-14H,5-6H2,1H3. The van der Waals surface area contributed by atoms with Crippen LogP contribution in [0, 0.1) is 3.57 Å². The van der Waals surface area contributed by atoms with E-state index in [0.717, 1.165) is 11.0 Å². The molecule has 2 nitrogen and oxygen atoms in total. The summed E-state index contributed by atoms with van der Waals surface area (Å²) in [6.07, 6.45) is 0. The molecule has 0 fully saturated rings. The van der Waals surface area contributed by atoms with E-state index in [1.54, 1.807) is 0 Å². The normalized spacial score (nSPS) is 12.9. The van der Waals surface area contributed by atoms with E-state index in [9.17, 15) is 0 Å². The zero-order chi connectivity index (χ0) is 10.6. The predicted molar refractivity (Wildman–Crippen MR) is 70.2 cm³/mol.